The van der Waals surface area contributed by atoms with E-state index in [-0.39, 0.29) is 11.4 Å². The van der Waals surface area contributed by atoms with Crippen LogP contribution in [0.4, 0.5) is 5.82 Å². The van der Waals surface area contributed by atoms with E-state index in [1.165, 1.54) is 17.8 Å². The van der Waals surface area contributed by atoms with Crippen LogP contribution in [0.2, 0.25) is 0 Å². The van der Waals surface area contributed by atoms with Gasteiger partial charge in [-0.3, -0.25) is 9.78 Å². The molecule has 1 atom stereocenters. The van der Waals surface area contributed by atoms with E-state index < -0.39 is 6.10 Å². The number of aliphatic hydroxyl groups is 1. The van der Waals surface area contributed by atoms with Crippen molar-refractivity contribution in [1.29, 1.82) is 0 Å². The van der Waals surface area contributed by atoms with Crippen LogP contribution in [0.15, 0.2) is 39.2 Å². The van der Waals surface area contributed by atoms with E-state index in [1.807, 2.05) is 0 Å². The number of anilines is 1. The van der Waals surface area contributed by atoms with E-state index in [0.29, 0.717) is 10.9 Å². The minimum absolute atomic E-state index is 0.176. The summed E-state index contributed by atoms with van der Waals surface area (Å²) in [6, 6.07) is 4.74. The first-order chi connectivity index (χ1) is 8.54. The summed E-state index contributed by atoms with van der Waals surface area (Å²) in [6.45, 7) is 1.64. The third-order valence-electron chi connectivity index (χ3n) is 2.14. The Labute approximate surface area is 107 Å². The molecule has 2 aromatic rings. The summed E-state index contributed by atoms with van der Waals surface area (Å²) in [7, 11) is 0. The number of nitrogen functional groups attached to an aromatic ring is 1. The smallest absolute Gasteiger partial charge is 0.253 e. The van der Waals surface area contributed by atoms with Crippen molar-refractivity contribution in [3.8, 4) is 0 Å². The molecule has 0 spiro atoms. The molecule has 0 fully saturated rings. The topological polar surface area (TPSA) is 105 Å². The van der Waals surface area contributed by atoms with E-state index in [4.69, 9.17) is 5.73 Å². The Balaban J connectivity index is 2.20. The van der Waals surface area contributed by atoms with E-state index in [2.05, 4.69) is 15.0 Å². The fraction of sp³-hybridized carbons (Fsp3) is 0.182. The summed E-state index contributed by atoms with van der Waals surface area (Å²) >= 11 is 1.25. The van der Waals surface area contributed by atoms with Crippen molar-refractivity contribution in [2.75, 3.05) is 5.73 Å². The highest BCUT2D eigenvalue weighted by atomic mass is 32.2. The van der Waals surface area contributed by atoms with E-state index in [1.54, 1.807) is 25.3 Å². The van der Waals surface area contributed by atoms with Crippen molar-refractivity contribution in [2.45, 2.75) is 23.1 Å². The van der Waals surface area contributed by atoms with Crippen LogP contribution in [0.5, 0.6) is 0 Å². The summed E-state index contributed by atoms with van der Waals surface area (Å²) in [5.41, 5.74) is 5.78. The lowest BCUT2D eigenvalue weighted by molar-refractivity contribution is 0.194. The Morgan fingerprint density at radius 1 is 1.50 bits per heavy atom. The molecular formula is C11H12N4O2S. The standard InChI is InChI=1S/C11H12N4O2S/c1-6(16)8-3-2-7(5-13-8)18-11-14-9(12)4-10(17)15-11/h2-6,16H,1H3,(H3,12,14,15,17)/t6-/m0/s1. The molecule has 0 radical (unpaired) electrons. The predicted octanol–water partition coefficient (Wildman–Crippen LogP) is 0.952. The lowest BCUT2D eigenvalue weighted by atomic mass is 10.2. The lowest BCUT2D eigenvalue weighted by Gasteiger charge is -2.04. The average molecular weight is 264 g/mol. The number of nitrogens with zero attached hydrogens (tertiary/aromatic N) is 2. The molecule has 0 saturated carbocycles. The second kappa shape index (κ2) is 5.19. The monoisotopic (exact) mass is 264 g/mol. The number of aromatic nitrogens is 3. The number of aliphatic hydroxyl groups excluding tert-OH is 1. The molecule has 6 nitrogen and oxygen atoms in total. The predicted molar refractivity (Wildman–Crippen MR) is 68.3 cm³/mol. The van der Waals surface area contributed by atoms with Crippen LogP contribution < -0.4 is 11.3 Å². The minimum Gasteiger partial charge on any atom is -0.387 e. The maximum atomic E-state index is 11.2. The van der Waals surface area contributed by atoms with Gasteiger partial charge in [0.25, 0.3) is 5.56 Å². The lowest BCUT2D eigenvalue weighted by Crippen LogP contribution is -2.09. The minimum atomic E-state index is -0.602. The van der Waals surface area contributed by atoms with Gasteiger partial charge in [0, 0.05) is 17.2 Å². The van der Waals surface area contributed by atoms with Crippen LogP contribution in [0.25, 0.3) is 0 Å². The molecule has 0 aliphatic carbocycles. The Morgan fingerprint density at radius 3 is 2.83 bits per heavy atom. The van der Waals surface area contributed by atoms with Gasteiger partial charge >= 0.3 is 0 Å². The highest BCUT2D eigenvalue weighted by Gasteiger charge is 2.05. The second-order valence-corrected chi connectivity index (χ2v) is 4.73. The van der Waals surface area contributed by atoms with Crippen LogP contribution in [0.3, 0.4) is 0 Å². The van der Waals surface area contributed by atoms with Gasteiger partial charge in [-0.1, -0.05) is 11.8 Å². The summed E-state index contributed by atoms with van der Waals surface area (Å²) < 4.78 is 0. The Morgan fingerprint density at radius 2 is 2.28 bits per heavy atom. The zero-order valence-corrected chi connectivity index (χ0v) is 10.4. The number of nitrogens with one attached hydrogen (secondary N) is 1. The molecule has 4 N–H and O–H groups in total. The third kappa shape index (κ3) is 3.08. The van der Waals surface area contributed by atoms with Gasteiger partial charge in [0.05, 0.1) is 11.8 Å². The molecule has 18 heavy (non-hydrogen) atoms. The van der Waals surface area contributed by atoms with Crippen molar-refractivity contribution >= 4 is 17.6 Å². The highest BCUT2D eigenvalue weighted by molar-refractivity contribution is 7.99. The molecule has 0 unspecified atom stereocenters. The van der Waals surface area contributed by atoms with Gasteiger partial charge in [0.2, 0.25) is 0 Å². The van der Waals surface area contributed by atoms with Crippen molar-refractivity contribution in [2.24, 2.45) is 0 Å². The van der Waals surface area contributed by atoms with Gasteiger partial charge in [-0.25, -0.2) is 4.98 Å². The first kappa shape index (κ1) is 12.6. The summed E-state index contributed by atoms with van der Waals surface area (Å²) in [5, 5.41) is 9.74. The summed E-state index contributed by atoms with van der Waals surface area (Å²) in [6.07, 6.45) is 1.00. The molecule has 0 saturated heterocycles. The zero-order chi connectivity index (χ0) is 13.1. The Hall–Kier alpha value is -1.86. The maximum Gasteiger partial charge on any atom is 0.253 e. The number of rotatable bonds is 3. The summed E-state index contributed by atoms with van der Waals surface area (Å²) in [4.78, 5) is 22.7. The number of aromatic amines is 1. The normalized spacial score (nSPS) is 12.3. The largest absolute Gasteiger partial charge is 0.387 e. The molecule has 0 aliphatic rings. The maximum absolute atomic E-state index is 11.2. The van der Waals surface area contributed by atoms with Gasteiger partial charge in [0.15, 0.2) is 5.16 Å². The van der Waals surface area contributed by atoms with Gasteiger partial charge < -0.3 is 15.8 Å². The van der Waals surface area contributed by atoms with Crippen LogP contribution in [-0.4, -0.2) is 20.1 Å². The van der Waals surface area contributed by atoms with Crippen molar-refractivity contribution in [1.82, 2.24) is 15.0 Å². The number of nitrogens with two attached hydrogens (primary N) is 1. The molecule has 94 valence electrons. The molecule has 2 rings (SSSR count). The number of pyridine rings is 1. The Kier molecular flexibility index (Phi) is 3.63. The van der Waals surface area contributed by atoms with Gasteiger partial charge in [0.1, 0.15) is 5.82 Å². The molecule has 7 heteroatoms. The van der Waals surface area contributed by atoms with Crippen LogP contribution in [0.1, 0.15) is 18.7 Å². The van der Waals surface area contributed by atoms with E-state index >= 15 is 0 Å². The first-order valence-corrected chi connectivity index (χ1v) is 6.05. The molecule has 0 aliphatic heterocycles. The van der Waals surface area contributed by atoms with Gasteiger partial charge in [-0.15, -0.1) is 0 Å². The van der Waals surface area contributed by atoms with E-state index in [0.717, 1.165) is 4.90 Å². The van der Waals surface area contributed by atoms with Crippen LogP contribution >= 0.6 is 11.8 Å². The molecule has 0 bridgehead atoms. The van der Waals surface area contributed by atoms with Gasteiger partial charge in [-0.2, -0.15) is 0 Å². The van der Waals surface area contributed by atoms with Crippen LogP contribution in [0, 0.1) is 0 Å². The molecule has 0 aromatic carbocycles. The van der Waals surface area contributed by atoms with Crippen molar-refractivity contribution in [3.05, 3.63) is 40.4 Å². The SMILES string of the molecule is C[C@H](O)c1ccc(Sc2nc(N)cc(=O)[nH]2)cn1. The number of H-pyrrole nitrogens is 1. The molecule has 2 heterocycles. The Bertz CT molecular complexity index is 595. The fourth-order valence-corrected chi connectivity index (χ4v) is 2.08. The quantitative estimate of drug-likeness (QED) is 0.713. The zero-order valence-electron chi connectivity index (χ0n) is 9.62. The molecular weight excluding hydrogens is 252 g/mol. The highest BCUT2D eigenvalue weighted by Crippen LogP contribution is 2.24. The second-order valence-electron chi connectivity index (χ2n) is 3.67. The van der Waals surface area contributed by atoms with Crippen molar-refractivity contribution < 1.29 is 5.11 Å². The molecule has 2 aromatic heterocycles. The fourth-order valence-electron chi connectivity index (χ4n) is 1.31. The average Bonchev–Trinajstić information content (AvgIpc) is 2.28. The van der Waals surface area contributed by atoms with E-state index in [9.17, 15) is 9.90 Å². The number of hydrogen-bond donors (Lipinski definition) is 3. The van der Waals surface area contributed by atoms with Crippen molar-refractivity contribution in [3.63, 3.8) is 0 Å². The van der Waals surface area contributed by atoms with Crippen LogP contribution in [-0.2, 0) is 0 Å². The van der Waals surface area contributed by atoms with Gasteiger partial charge in [-0.05, 0) is 19.1 Å². The summed E-state index contributed by atoms with van der Waals surface area (Å²) in [5.74, 6) is 0.176. The third-order valence-corrected chi connectivity index (χ3v) is 3.01. The first-order valence-electron chi connectivity index (χ1n) is 5.23. The molecule has 0 amide bonds. The number of hydrogen-bond acceptors (Lipinski definition) is 6.